The molecule has 0 aliphatic rings. The minimum atomic E-state index is -0.292. The molecular weight excluding hydrogens is 394 g/mol. The summed E-state index contributed by atoms with van der Waals surface area (Å²) in [4.78, 5) is 16.8. The van der Waals surface area contributed by atoms with Gasteiger partial charge in [-0.05, 0) is 48.9 Å². The third-order valence-electron chi connectivity index (χ3n) is 4.11. The van der Waals surface area contributed by atoms with Crippen LogP contribution in [0.25, 0.3) is 11.3 Å². The summed E-state index contributed by atoms with van der Waals surface area (Å²) in [6.07, 6.45) is 1.47. The molecule has 0 aliphatic carbocycles. The van der Waals surface area contributed by atoms with Gasteiger partial charge in [-0.15, -0.1) is 11.3 Å². The second-order valence-corrected chi connectivity index (χ2v) is 7.43. The lowest BCUT2D eigenvalue weighted by Gasteiger charge is -2.07. The van der Waals surface area contributed by atoms with Crippen LogP contribution in [0, 0.1) is 6.92 Å². The Hall–Kier alpha value is -3.09. The lowest BCUT2D eigenvalue weighted by molar-refractivity contribution is 0.0996. The van der Waals surface area contributed by atoms with Gasteiger partial charge in [0, 0.05) is 27.3 Å². The van der Waals surface area contributed by atoms with Crippen molar-refractivity contribution in [1.82, 2.24) is 4.98 Å². The Bertz CT molecular complexity index is 1120. The Labute approximate surface area is 171 Å². The van der Waals surface area contributed by atoms with Crippen LogP contribution >= 0.6 is 22.9 Å². The molecule has 1 amide bonds. The highest BCUT2D eigenvalue weighted by Gasteiger charge is 2.11. The van der Waals surface area contributed by atoms with E-state index in [-0.39, 0.29) is 11.7 Å². The zero-order chi connectivity index (χ0) is 19.5. The standard InChI is InChI=1S/C21H16ClN3O2S/c1-13-7-8-15(22)11-17(13)24-21-25-18(12-28-21)14-4-2-5-16(10-14)23-20(26)19-6-3-9-27-19/h2-12H,1H3,(H,23,26)(H,24,25). The second-order valence-electron chi connectivity index (χ2n) is 6.13. The van der Waals surface area contributed by atoms with E-state index in [0.717, 1.165) is 27.6 Å². The summed E-state index contributed by atoms with van der Waals surface area (Å²) in [6.45, 7) is 2.01. The number of amides is 1. The molecule has 0 bridgehead atoms. The van der Waals surface area contributed by atoms with E-state index in [1.165, 1.54) is 17.6 Å². The van der Waals surface area contributed by atoms with Gasteiger partial charge in [0.1, 0.15) is 0 Å². The number of hydrogen-bond donors (Lipinski definition) is 2. The van der Waals surface area contributed by atoms with Gasteiger partial charge in [-0.2, -0.15) is 0 Å². The number of halogens is 1. The summed E-state index contributed by atoms with van der Waals surface area (Å²) >= 11 is 7.59. The topological polar surface area (TPSA) is 67.2 Å². The van der Waals surface area contributed by atoms with Crippen molar-refractivity contribution in [1.29, 1.82) is 0 Å². The monoisotopic (exact) mass is 409 g/mol. The minimum absolute atomic E-state index is 0.266. The number of nitrogens with zero attached hydrogens (tertiary/aromatic N) is 1. The SMILES string of the molecule is Cc1ccc(Cl)cc1Nc1nc(-c2cccc(NC(=O)c3ccco3)c2)cs1. The molecule has 0 atom stereocenters. The predicted molar refractivity (Wildman–Crippen MR) is 114 cm³/mol. The van der Waals surface area contributed by atoms with Crippen LogP contribution in [0.4, 0.5) is 16.5 Å². The molecule has 2 heterocycles. The Morgan fingerprint density at radius 3 is 2.86 bits per heavy atom. The molecule has 0 fully saturated rings. The summed E-state index contributed by atoms with van der Waals surface area (Å²) in [5.41, 5.74) is 4.41. The first kappa shape index (κ1) is 18.3. The lowest BCUT2D eigenvalue weighted by atomic mass is 10.1. The van der Waals surface area contributed by atoms with Gasteiger partial charge in [-0.1, -0.05) is 29.8 Å². The zero-order valence-corrected chi connectivity index (χ0v) is 16.5. The van der Waals surface area contributed by atoms with Gasteiger partial charge in [0.2, 0.25) is 0 Å². The smallest absolute Gasteiger partial charge is 0.291 e. The van der Waals surface area contributed by atoms with E-state index in [1.54, 1.807) is 12.1 Å². The van der Waals surface area contributed by atoms with Gasteiger partial charge in [0.05, 0.1) is 12.0 Å². The lowest BCUT2D eigenvalue weighted by Crippen LogP contribution is -2.10. The molecule has 0 spiro atoms. The number of nitrogens with one attached hydrogen (secondary N) is 2. The average Bonchev–Trinajstić information content (AvgIpc) is 3.37. The molecule has 28 heavy (non-hydrogen) atoms. The molecule has 2 N–H and O–H groups in total. The quantitative estimate of drug-likeness (QED) is 0.402. The van der Waals surface area contributed by atoms with Gasteiger partial charge in [0.25, 0.3) is 5.91 Å². The predicted octanol–water partition coefficient (Wildman–Crippen LogP) is 6.36. The fourth-order valence-electron chi connectivity index (χ4n) is 2.66. The summed E-state index contributed by atoms with van der Waals surface area (Å²) in [7, 11) is 0. The van der Waals surface area contributed by atoms with Crippen molar-refractivity contribution in [3.05, 3.63) is 82.6 Å². The van der Waals surface area contributed by atoms with E-state index in [4.69, 9.17) is 16.0 Å². The third-order valence-corrected chi connectivity index (χ3v) is 5.10. The van der Waals surface area contributed by atoms with E-state index in [9.17, 15) is 4.79 Å². The summed E-state index contributed by atoms with van der Waals surface area (Å²) in [6, 6.07) is 16.5. The van der Waals surface area contributed by atoms with Crippen molar-refractivity contribution in [2.45, 2.75) is 6.92 Å². The number of aromatic nitrogens is 1. The van der Waals surface area contributed by atoms with Gasteiger partial charge >= 0.3 is 0 Å². The Morgan fingerprint density at radius 2 is 2.04 bits per heavy atom. The first-order valence-electron chi connectivity index (χ1n) is 8.52. The maximum Gasteiger partial charge on any atom is 0.291 e. The maximum atomic E-state index is 12.2. The molecule has 0 aliphatic heterocycles. The molecule has 0 unspecified atom stereocenters. The fourth-order valence-corrected chi connectivity index (χ4v) is 3.57. The number of benzene rings is 2. The highest BCUT2D eigenvalue weighted by molar-refractivity contribution is 7.14. The second kappa shape index (κ2) is 7.88. The van der Waals surface area contributed by atoms with Gasteiger partial charge in [-0.3, -0.25) is 4.79 Å². The van der Waals surface area contributed by atoms with E-state index in [1.807, 2.05) is 54.8 Å². The first-order valence-corrected chi connectivity index (χ1v) is 9.78. The molecule has 140 valence electrons. The summed E-state index contributed by atoms with van der Waals surface area (Å²) in [5, 5.41) is 9.54. The zero-order valence-electron chi connectivity index (χ0n) is 14.9. The van der Waals surface area contributed by atoms with Crippen molar-refractivity contribution in [2.24, 2.45) is 0 Å². The van der Waals surface area contributed by atoms with Crippen LogP contribution < -0.4 is 10.6 Å². The Balaban J connectivity index is 1.52. The Morgan fingerprint density at radius 1 is 1.14 bits per heavy atom. The van der Waals surface area contributed by atoms with Gasteiger partial charge < -0.3 is 15.1 Å². The molecule has 0 saturated carbocycles. The van der Waals surface area contributed by atoms with Crippen LogP contribution in [0.3, 0.4) is 0 Å². The summed E-state index contributed by atoms with van der Waals surface area (Å²) < 4.78 is 5.12. The van der Waals surface area contributed by atoms with Crippen molar-refractivity contribution in [3.63, 3.8) is 0 Å². The number of hydrogen-bond acceptors (Lipinski definition) is 5. The van der Waals surface area contributed by atoms with Crippen molar-refractivity contribution in [3.8, 4) is 11.3 Å². The van der Waals surface area contributed by atoms with Crippen molar-refractivity contribution < 1.29 is 9.21 Å². The number of rotatable bonds is 5. The van der Waals surface area contributed by atoms with E-state index < -0.39 is 0 Å². The number of aryl methyl sites for hydroxylation is 1. The van der Waals surface area contributed by atoms with Gasteiger partial charge in [0.15, 0.2) is 10.9 Å². The van der Waals surface area contributed by atoms with Crippen molar-refractivity contribution >= 4 is 45.4 Å². The van der Waals surface area contributed by atoms with Crippen molar-refractivity contribution in [2.75, 3.05) is 10.6 Å². The largest absolute Gasteiger partial charge is 0.459 e. The molecule has 2 aromatic heterocycles. The van der Waals surface area contributed by atoms with Crippen LogP contribution in [0.1, 0.15) is 16.1 Å². The van der Waals surface area contributed by atoms with Crippen LogP contribution in [-0.2, 0) is 0 Å². The molecule has 2 aromatic carbocycles. The molecule has 7 heteroatoms. The number of carbonyl (C=O) groups excluding carboxylic acids is 1. The van der Waals surface area contributed by atoms with E-state index in [0.29, 0.717) is 10.7 Å². The van der Waals surface area contributed by atoms with Crippen LogP contribution in [0.5, 0.6) is 0 Å². The van der Waals surface area contributed by atoms with Crippen LogP contribution in [0.15, 0.2) is 70.7 Å². The highest BCUT2D eigenvalue weighted by atomic mass is 35.5. The number of carbonyl (C=O) groups is 1. The highest BCUT2D eigenvalue weighted by Crippen LogP contribution is 2.30. The van der Waals surface area contributed by atoms with E-state index in [2.05, 4.69) is 15.6 Å². The van der Waals surface area contributed by atoms with Crippen LogP contribution in [-0.4, -0.2) is 10.9 Å². The van der Waals surface area contributed by atoms with Crippen LogP contribution in [0.2, 0.25) is 5.02 Å². The Kier molecular flexibility index (Phi) is 5.14. The number of anilines is 3. The molecule has 5 nitrogen and oxygen atoms in total. The first-order chi connectivity index (χ1) is 13.6. The number of furan rings is 1. The third kappa shape index (κ3) is 4.08. The minimum Gasteiger partial charge on any atom is -0.459 e. The molecular formula is C21H16ClN3O2S. The molecule has 4 aromatic rings. The summed E-state index contributed by atoms with van der Waals surface area (Å²) in [5.74, 6) is -0.0262. The molecule has 0 radical (unpaired) electrons. The average molecular weight is 410 g/mol. The molecule has 4 rings (SSSR count). The maximum absolute atomic E-state index is 12.2. The normalized spacial score (nSPS) is 10.6. The number of thiazole rings is 1. The van der Waals surface area contributed by atoms with Gasteiger partial charge in [-0.25, -0.2) is 4.98 Å². The fraction of sp³-hybridized carbons (Fsp3) is 0.0476. The van der Waals surface area contributed by atoms with E-state index >= 15 is 0 Å². The molecule has 0 saturated heterocycles.